The molecule has 0 saturated carbocycles. The first-order valence-corrected chi connectivity index (χ1v) is 10.1. The van der Waals surface area contributed by atoms with Gasteiger partial charge in [-0.15, -0.1) is 0 Å². The lowest BCUT2D eigenvalue weighted by Gasteiger charge is -2.37. The molecular formula is C23H21N3O6. The van der Waals surface area contributed by atoms with Crippen molar-refractivity contribution in [2.45, 2.75) is 18.7 Å². The van der Waals surface area contributed by atoms with Gasteiger partial charge < -0.3 is 19.2 Å². The Bertz CT molecular complexity index is 1270. The molecule has 9 heteroatoms. The van der Waals surface area contributed by atoms with Crippen LogP contribution in [0.4, 0.5) is 0 Å². The molecule has 1 fully saturated rings. The molecule has 1 saturated heterocycles. The second-order valence-corrected chi connectivity index (χ2v) is 7.96. The average Bonchev–Trinajstić information content (AvgIpc) is 3.36. The van der Waals surface area contributed by atoms with E-state index in [-0.39, 0.29) is 31.4 Å². The normalized spacial score (nSPS) is 20.6. The number of benzene rings is 2. The van der Waals surface area contributed by atoms with Crippen molar-refractivity contribution < 1.29 is 28.6 Å². The van der Waals surface area contributed by atoms with Crippen LogP contribution in [-0.2, 0) is 28.3 Å². The predicted molar refractivity (Wildman–Crippen MR) is 113 cm³/mol. The summed E-state index contributed by atoms with van der Waals surface area (Å²) in [5.74, 6) is -0.413. The highest BCUT2D eigenvalue weighted by Crippen LogP contribution is 2.34. The van der Waals surface area contributed by atoms with Gasteiger partial charge in [0, 0.05) is 17.5 Å². The third-order valence-electron chi connectivity index (χ3n) is 6.00. The number of methoxy groups -OCH3 is 1. The Morgan fingerprint density at radius 1 is 1.16 bits per heavy atom. The van der Waals surface area contributed by atoms with Crippen molar-refractivity contribution in [1.29, 1.82) is 0 Å². The highest BCUT2D eigenvalue weighted by molar-refractivity contribution is 6.05. The monoisotopic (exact) mass is 435 g/mol. The van der Waals surface area contributed by atoms with Crippen LogP contribution in [0.2, 0.25) is 0 Å². The van der Waals surface area contributed by atoms with Crippen molar-refractivity contribution in [3.63, 3.8) is 0 Å². The molecule has 2 aliphatic heterocycles. The Morgan fingerprint density at radius 2 is 2.00 bits per heavy atom. The van der Waals surface area contributed by atoms with E-state index in [0.717, 1.165) is 5.56 Å². The molecule has 1 unspecified atom stereocenters. The molecule has 0 radical (unpaired) electrons. The Labute approximate surface area is 182 Å². The van der Waals surface area contributed by atoms with Crippen molar-refractivity contribution in [2.75, 3.05) is 20.2 Å². The van der Waals surface area contributed by atoms with Crippen LogP contribution in [0.3, 0.4) is 0 Å². The Morgan fingerprint density at radius 3 is 2.75 bits per heavy atom. The van der Waals surface area contributed by atoms with Crippen LogP contribution in [0.5, 0.6) is 5.75 Å². The molecule has 32 heavy (non-hydrogen) atoms. The summed E-state index contributed by atoms with van der Waals surface area (Å²) in [6.07, 6.45) is 0. The largest absolute Gasteiger partial charge is 0.497 e. The van der Waals surface area contributed by atoms with Gasteiger partial charge in [0.25, 0.3) is 11.8 Å². The van der Waals surface area contributed by atoms with E-state index in [2.05, 4.69) is 10.6 Å². The van der Waals surface area contributed by atoms with E-state index in [1.807, 2.05) is 6.07 Å². The zero-order chi connectivity index (χ0) is 22.5. The quantitative estimate of drug-likeness (QED) is 0.512. The maximum atomic E-state index is 13.1. The minimum Gasteiger partial charge on any atom is -0.497 e. The first kappa shape index (κ1) is 20.2. The molecular weight excluding hydrogens is 414 g/mol. The van der Waals surface area contributed by atoms with Gasteiger partial charge in [-0.2, -0.15) is 0 Å². The number of imide groups is 1. The predicted octanol–water partition coefficient (Wildman–Crippen LogP) is 1.03. The summed E-state index contributed by atoms with van der Waals surface area (Å²) in [6, 6.07) is 12.2. The van der Waals surface area contributed by atoms with Gasteiger partial charge in [0.15, 0.2) is 5.54 Å². The molecule has 0 bridgehead atoms. The standard InChI is InChI=1S/C23H21N3O6/c1-31-16-4-3-14-10-26(21(29)17(14)8-16)12-23(22(30)25-20(28)9-24-23)19-7-15-6-13(11-27)2-5-18(15)32-19/h2-8,24,27H,9-12H2,1H3,(H,25,28,30). The number of ether oxygens (including phenoxy) is 1. The second kappa shape index (κ2) is 7.47. The molecule has 1 aromatic heterocycles. The number of hydrogen-bond acceptors (Lipinski definition) is 7. The van der Waals surface area contributed by atoms with Crippen LogP contribution in [0.15, 0.2) is 46.9 Å². The fourth-order valence-corrected chi connectivity index (χ4v) is 4.28. The summed E-state index contributed by atoms with van der Waals surface area (Å²) < 4.78 is 11.2. The summed E-state index contributed by atoms with van der Waals surface area (Å²) >= 11 is 0. The van der Waals surface area contributed by atoms with Crippen molar-refractivity contribution in [3.8, 4) is 5.75 Å². The molecule has 3 heterocycles. The van der Waals surface area contributed by atoms with E-state index in [1.165, 1.54) is 7.11 Å². The lowest BCUT2D eigenvalue weighted by molar-refractivity contribution is -0.139. The van der Waals surface area contributed by atoms with E-state index in [4.69, 9.17) is 9.15 Å². The van der Waals surface area contributed by atoms with Gasteiger partial charge >= 0.3 is 0 Å². The topological polar surface area (TPSA) is 121 Å². The number of fused-ring (bicyclic) bond motifs is 2. The molecule has 3 amide bonds. The SMILES string of the molecule is COc1ccc2c(c1)C(=O)N(CC1(c3cc4cc(CO)ccc4o3)NCC(=O)NC1=O)C2. The van der Waals surface area contributed by atoms with E-state index in [1.54, 1.807) is 41.3 Å². The van der Waals surface area contributed by atoms with Gasteiger partial charge in [0.05, 0.1) is 26.8 Å². The molecule has 3 N–H and O–H groups in total. The first-order valence-electron chi connectivity index (χ1n) is 10.1. The zero-order valence-electron chi connectivity index (χ0n) is 17.3. The van der Waals surface area contributed by atoms with E-state index in [0.29, 0.717) is 34.4 Å². The van der Waals surface area contributed by atoms with Crippen LogP contribution in [0, 0.1) is 0 Å². The zero-order valence-corrected chi connectivity index (χ0v) is 17.3. The Hall–Kier alpha value is -3.69. The fourth-order valence-electron chi connectivity index (χ4n) is 4.28. The van der Waals surface area contributed by atoms with Crippen LogP contribution in [-0.4, -0.2) is 47.9 Å². The third-order valence-corrected chi connectivity index (χ3v) is 6.00. The van der Waals surface area contributed by atoms with E-state index < -0.39 is 17.4 Å². The molecule has 5 rings (SSSR count). The van der Waals surface area contributed by atoms with Gasteiger partial charge in [-0.05, 0) is 41.5 Å². The van der Waals surface area contributed by atoms with Gasteiger partial charge in [-0.1, -0.05) is 12.1 Å². The van der Waals surface area contributed by atoms with E-state index in [9.17, 15) is 19.5 Å². The van der Waals surface area contributed by atoms with Crippen molar-refractivity contribution in [2.24, 2.45) is 0 Å². The van der Waals surface area contributed by atoms with Crippen LogP contribution < -0.4 is 15.4 Å². The van der Waals surface area contributed by atoms with E-state index >= 15 is 0 Å². The number of nitrogens with zero attached hydrogens (tertiary/aromatic N) is 1. The second-order valence-electron chi connectivity index (χ2n) is 7.96. The number of aliphatic hydroxyl groups is 1. The van der Waals surface area contributed by atoms with Crippen molar-refractivity contribution in [1.82, 2.24) is 15.5 Å². The number of aliphatic hydroxyl groups excluding tert-OH is 1. The molecule has 2 aromatic carbocycles. The Kier molecular flexibility index (Phi) is 4.72. The number of carbonyl (C=O) groups excluding carboxylic acids is 3. The number of nitrogens with one attached hydrogen (secondary N) is 2. The minimum absolute atomic E-state index is 0.0331. The summed E-state index contributed by atoms with van der Waals surface area (Å²) in [6.45, 7) is 0.0542. The number of furan rings is 1. The van der Waals surface area contributed by atoms with Crippen molar-refractivity contribution >= 4 is 28.7 Å². The fraction of sp³-hybridized carbons (Fsp3) is 0.261. The summed E-state index contributed by atoms with van der Waals surface area (Å²) in [5, 5.41) is 15.5. The number of amides is 3. The third kappa shape index (κ3) is 3.14. The summed E-state index contributed by atoms with van der Waals surface area (Å²) in [4.78, 5) is 39.7. The molecule has 164 valence electrons. The summed E-state index contributed by atoms with van der Waals surface area (Å²) in [5.41, 5.74) is 1.13. The lowest BCUT2D eigenvalue weighted by atomic mass is 9.91. The lowest BCUT2D eigenvalue weighted by Crippen LogP contribution is -2.66. The number of rotatable bonds is 5. The van der Waals surface area contributed by atoms with Gasteiger partial charge in [0.1, 0.15) is 17.1 Å². The average molecular weight is 435 g/mol. The Balaban J connectivity index is 1.54. The molecule has 0 aliphatic carbocycles. The van der Waals surface area contributed by atoms with Gasteiger partial charge in [-0.3, -0.25) is 25.0 Å². The van der Waals surface area contributed by atoms with Crippen LogP contribution in [0.25, 0.3) is 11.0 Å². The number of hydrogen-bond donors (Lipinski definition) is 3. The van der Waals surface area contributed by atoms with Crippen LogP contribution in [0.1, 0.15) is 27.2 Å². The number of piperazine rings is 1. The molecule has 0 spiro atoms. The highest BCUT2D eigenvalue weighted by atomic mass is 16.5. The molecule has 2 aliphatic rings. The van der Waals surface area contributed by atoms with Gasteiger partial charge in [-0.25, -0.2) is 0 Å². The van der Waals surface area contributed by atoms with Crippen molar-refractivity contribution in [3.05, 3.63) is 64.9 Å². The minimum atomic E-state index is -1.45. The summed E-state index contributed by atoms with van der Waals surface area (Å²) in [7, 11) is 1.53. The molecule has 9 nitrogen and oxygen atoms in total. The van der Waals surface area contributed by atoms with Crippen LogP contribution >= 0.6 is 0 Å². The maximum Gasteiger partial charge on any atom is 0.256 e. The first-order chi connectivity index (χ1) is 15.4. The van der Waals surface area contributed by atoms with Gasteiger partial charge in [0.2, 0.25) is 5.91 Å². The highest BCUT2D eigenvalue weighted by Gasteiger charge is 2.50. The number of carbonyl (C=O) groups is 3. The molecule has 1 atom stereocenters. The molecule has 3 aromatic rings. The maximum absolute atomic E-state index is 13.1. The smallest absolute Gasteiger partial charge is 0.256 e.